The Bertz CT molecular complexity index is 76.8. The summed E-state index contributed by atoms with van der Waals surface area (Å²) in [6.45, 7) is 7.10. The summed E-state index contributed by atoms with van der Waals surface area (Å²) in [5.74, 6) is 0. The van der Waals surface area contributed by atoms with Gasteiger partial charge in [0.2, 0.25) is 0 Å². The van der Waals surface area contributed by atoms with Crippen molar-refractivity contribution in [3.8, 4) is 0 Å². The molecule has 0 atom stereocenters. The van der Waals surface area contributed by atoms with E-state index in [1.807, 2.05) is 0 Å². The molecule has 0 aliphatic heterocycles. The van der Waals surface area contributed by atoms with Crippen LogP contribution in [-0.4, -0.2) is 31.7 Å². The van der Waals surface area contributed by atoms with Crippen molar-refractivity contribution in [3.63, 3.8) is 0 Å². The van der Waals surface area contributed by atoms with Crippen molar-refractivity contribution in [2.45, 2.75) is 33.1 Å². The first-order chi connectivity index (χ1) is 4.62. The van der Waals surface area contributed by atoms with Crippen LogP contribution >= 0.6 is 0 Å². The zero-order valence-corrected chi connectivity index (χ0v) is 7.98. The standard InChI is InChI=1S/C9H22N/c1-5-7-8-9-10(3,4)6-2/h5-9H2,1-4H3/q+1. The van der Waals surface area contributed by atoms with Crippen LogP contribution in [-0.2, 0) is 0 Å². The molecular formula is C9H22N+. The minimum Gasteiger partial charge on any atom is -0.329 e. The van der Waals surface area contributed by atoms with Gasteiger partial charge < -0.3 is 4.48 Å². The van der Waals surface area contributed by atoms with Gasteiger partial charge in [0, 0.05) is 0 Å². The third-order valence-corrected chi connectivity index (χ3v) is 2.22. The van der Waals surface area contributed by atoms with Crippen molar-refractivity contribution in [2.75, 3.05) is 27.2 Å². The van der Waals surface area contributed by atoms with Crippen molar-refractivity contribution in [2.24, 2.45) is 0 Å². The van der Waals surface area contributed by atoms with E-state index in [2.05, 4.69) is 27.9 Å². The first-order valence-corrected chi connectivity index (χ1v) is 4.44. The van der Waals surface area contributed by atoms with Gasteiger partial charge in [-0.2, -0.15) is 0 Å². The van der Waals surface area contributed by atoms with Gasteiger partial charge in [0.1, 0.15) is 0 Å². The molecule has 0 N–H and O–H groups in total. The van der Waals surface area contributed by atoms with E-state index in [1.165, 1.54) is 36.8 Å². The summed E-state index contributed by atoms with van der Waals surface area (Å²) in [6, 6.07) is 0. The van der Waals surface area contributed by atoms with Crippen LogP contribution in [0.5, 0.6) is 0 Å². The molecule has 0 spiro atoms. The van der Waals surface area contributed by atoms with Gasteiger partial charge in [-0.15, -0.1) is 0 Å². The van der Waals surface area contributed by atoms with Crippen LogP contribution in [0.4, 0.5) is 0 Å². The van der Waals surface area contributed by atoms with Gasteiger partial charge >= 0.3 is 0 Å². The summed E-state index contributed by atoms with van der Waals surface area (Å²) in [5, 5.41) is 0. The van der Waals surface area contributed by atoms with Crippen LogP contribution < -0.4 is 0 Å². The fourth-order valence-corrected chi connectivity index (χ4v) is 0.948. The van der Waals surface area contributed by atoms with E-state index in [-0.39, 0.29) is 0 Å². The monoisotopic (exact) mass is 144 g/mol. The minimum atomic E-state index is 1.18. The molecule has 1 heteroatoms. The molecule has 0 radical (unpaired) electrons. The Balaban J connectivity index is 3.28. The second kappa shape index (κ2) is 4.73. The second-order valence-electron chi connectivity index (χ2n) is 3.68. The zero-order chi connectivity index (χ0) is 8.04. The first kappa shape index (κ1) is 9.96. The first-order valence-electron chi connectivity index (χ1n) is 4.44. The normalized spacial score (nSPS) is 12.0. The van der Waals surface area contributed by atoms with Crippen LogP contribution in [0.1, 0.15) is 33.1 Å². The predicted octanol–water partition coefficient (Wildman–Crippen LogP) is 2.27. The Morgan fingerprint density at radius 3 is 2.00 bits per heavy atom. The van der Waals surface area contributed by atoms with Crippen molar-refractivity contribution < 1.29 is 4.48 Å². The highest BCUT2D eigenvalue weighted by atomic mass is 15.3. The Morgan fingerprint density at radius 1 is 1.00 bits per heavy atom. The summed E-state index contributed by atoms with van der Waals surface area (Å²) in [4.78, 5) is 0. The van der Waals surface area contributed by atoms with E-state index in [1.54, 1.807) is 0 Å². The van der Waals surface area contributed by atoms with Crippen LogP contribution in [0.25, 0.3) is 0 Å². The maximum absolute atomic E-state index is 2.30. The lowest BCUT2D eigenvalue weighted by molar-refractivity contribution is -0.888. The highest BCUT2D eigenvalue weighted by molar-refractivity contribution is 4.36. The number of nitrogens with zero attached hydrogens (tertiary/aromatic N) is 1. The number of hydrogen-bond donors (Lipinski definition) is 0. The molecule has 0 saturated heterocycles. The molecule has 0 heterocycles. The fourth-order valence-electron chi connectivity index (χ4n) is 0.948. The molecule has 0 aromatic heterocycles. The van der Waals surface area contributed by atoms with E-state index in [0.717, 1.165) is 0 Å². The lowest BCUT2D eigenvalue weighted by atomic mass is 10.2. The third-order valence-electron chi connectivity index (χ3n) is 2.22. The van der Waals surface area contributed by atoms with Gasteiger partial charge in [0.05, 0.1) is 27.2 Å². The quantitative estimate of drug-likeness (QED) is 0.410. The average Bonchev–Trinajstić information content (AvgIpc) is 1.89. The van der Waals surface area contributed by atoms with Crippen LogP contribution in [0.3, 0.4) is 0 Å². The van der Waals surface area contributed by atoms with E-state index in [0.29, 0.717) is 0 Å². The third kappa shape index (κ3) is 4.80. The van der Waals surface area contributed by atoms with E-state index in [4.69, 9.17) is 0 Å². The number of rotatable bonds is 5. The molecule has 0 bridgehead atoms. The van der Waals surface area contributed by atoms with Gasteiger partial charge in [-0.25, -0.2) is 0 Å². The van der Waals surface area contributed by atoms with Crippen molar-refractivity contribution >= 4 is 0 Å². The Kier molecular flexibility index (Phi) is 4.71. The van der Waals surface area contributed by atoms with Gasteiger partial charge in [0.25, 0.3) is 0 Å². The van der Waals surface area contributed by atoms with E-state index < -0.39 is 0 Å². The zero-order valence-electron chi connectivity index (χ0n) is 7.98. The number of hydrogen-bond acceptors (Lipinski definition) is 0. The molecule has 0 aliphatic rings. The molecule has 1 nitrogen and oxygen atoms in total. The maximum atomic E-state index is 2.30. The summed E-state index contributed by atoms with van der Waals surface area (Å²) in [6.07, 6.45) is 4.11. The van der Waals surface area contributed by atoms with Gasteiger partial charge in [-0.1, -0.05) is 13.3 Å². The Hall–Kier alpha value is -0.0400. The number of quaternary nitrogens is 1. The van der Waals surface area contributed by atoms with Gasteiger partial charge in [-0.3, -0.25) is 0 Å². The molecular weight excluding hydrogens is 122 g/mol. The molecule has 0 aliphatic carbocycles. The SMILES string of the molecule is CCCCC[N+](C)(C)CC. The second-order valence-corrected chi connectivity index (χ2v) is 3.68. The minimum absolute atomic E-state index is 1.18. The average molecular weight is 144 g/mol. The molecule has 0 rings (SSSR count). The molecule has 10 heavy (non-hydrogen) atoms. The molecule has 0 aromatic carbocycles. The largest absolute Gasteiger partial charge is 0.329 e. The van der Waals surface area contributed by atoms with E-state index >= 15 is 0 Å². The smallest absolute Gasteiger partial charge is 0.0782 e. The molecule has 0 fully saturated rings. The molecule has 0 unspecified atom stereocenters. The summed E-state index contributed by atoms with van der Waals surface area (Å²) in [7, 11) is 4.60. The maximum Gasteiger partial charge on any atom is 0.0782 e. The molecule has 0 aromatic rings. The fraction of sp³-hybridized carbons (Fsp3) is 1.00. The molecule has 62 valence electrons. The van der Waals surface area contributed by atoms with Gasteiger partial charge in [0.15, 0.2) is 0 Å². The Labute approximate surface area is 65.6 Å². The van der Waals surface area contributed by atoms with Crippen LogP contribution in [0.2, 0.25) is 0 Å². The van der Waals surface area contributed by atoms with Crippen molar-refractivity contribution in [1.29, 1.82) is 0 Å². The topological polar surface area (TPSA) is 0 Å². The highest BCUT2D eigenvalue weighted by Crippen LogP contribution is 2.02. The predicted molar refractivity (Wildman–Crippen MR) is 47.0 cm³/mol. The highest BCUT2D eigenvalue weighted by Gasteiger charge is 2.09. The molecule has 0 amide bonds. The van der Waals surface area contributed by atoms with Crippen LogP contribution in [0, 0.1) is 0 Å². The Morgan fingerprint density at radius 2 is 1.60 bits per heavy atom. The van der Waals surface area contributed by atoms with Crippen molar-refractivity contribution in [3.05, 3.63) is 0 Å². The molecule has 0 saturated carbocycles. The lowest BCUT2D eigenvalue weighted by Crippen LogP contribution is -2.39. The summed E-state index contributed by atoms with van der Waals surface area (Å²) >= 11 is 0. The van der Waals surface area contributed by atoms with Crippen molar-refractivity contribution in [1.82, 2.24) is 0 Å². The van der Waals surface area contributed by atoms with Crippen LogP contribution in [0.15, 0.2) is 0 Å². The van der Waals surface area contributed by atoms with Gasteiger partial charge in [-0.05, 0) is 19.8 Å². The van der Waals surface area contributed by atoms with E-state index in [9.17, 15) is 0 Å². The summed E-state index contributed by atoms with van der Waals surface area (Å²) in [5.41, 5.74) is 0. The summed E-state index contributed by atoms with van der Waals surface area (Å²) < 4.78 is 1.18. The lowest BCUT2D eigenvalue weighted by Gasteiger charge is -2.27. The number of unbranched alkanes of at least 4 members (excludes halogenated alkanes) is 2.